The summed E-state index contributed by atoms with van der Waals surface area (Å²) in [6, 6.07) is 13.9. The molecule has 0 aromatic heterocycles. The fraction of sp³-hybridized carbons (Fsp3) is 0.409. The molecule has 0 unspecified atom stereocenters. The Balaban J connectivity index is 1.77. The van der Waals surface area contributed by atoms with Gasteiger partial charge in [0.1, 0.15) is 6.04 Å². The maximum atomic E-state index is 13.3. The van der Waals surface area contributed by atoms with Crippen LogP contribution in [0.1, 0.15) is 18.9 Å². The Labute approximate surface area is 184 Å². The van der Waals surface area contributed by atoms with Crippen molar-refractivity contribution >= 4 is 38.9 Å². The number of benzene rings is 2. The summed E-state index contributed by atoms with van der Waals surface area (Å²) >= 11 is 6.16. The zero-order valence-corrected chi connectivity index (χ0v) is 19.2. The summed E-state index contributed by atoms with van der Waals surface area (Å²) in [4.78, 5) is 17.3. The molecule has 0 saturated carbocycles. The molecular weight excluding hydrogens is 422 g/mol. The van der Waals surface area contributed by atoms with E-state index in [0.29, 0.717) is 43.3 Å². The van der Waals surface area contributed by atoms with E-state index in [1.165, 1.54) is 4.31 Å². The lowest BCUT2D eigenvalue weighted by atomic mass is 10.1. The number of hydrogen-bond donors (Lipinski definition) is 0. The van der Waals surface area contributed by atoms with Crippen LogP contribution >= 0.6 is 11.6 Å². The first-order chi connectivity index (χ1) is 14.2. The lowest BCUT2D eigenvalue weighted by molar-refractivity contribution is -0.132. The highest BCUT2D eigenvalue weighted by molar-refractivity contribution is 7.92. The minimum atomic E-state index is -3.62. The summed E-state index contributed by atoms with van der Waals surface area (Å²) < 4.78 is 26.4. The van der Waals surface area contributed by atoms with Crippen LogP contribution in [0.4, 0.5) is 11.4 Å². The second-order valence-corrected chi connectivity index (χ2v) is 9.86. The molecular formula is C22H28ClN3O3S. The number of rotatable bonds is 6. The molecule has 8 heteroatoms. The van der Waals surface area contributed by atoms with Crippen molar-refractivity contribution in [2.24, 2.45) is 0 Å². The summed E-state index contributed by atoms with van der Waals surface area (Å²) in [6.07, 6.45) is 1.55. The minimum absolute atomic E-state index is 0.158. The monoisotopic (exact) mass is 449 g/mol. The van der Waals surface area contributed by atoms with Gasteiger partial charge in [-0.25, -0.2) is 8.42 Å². The van der Waals surface area contributed by atoms with Gasteiger partial charge in [-0.1, -0.05) is 42.8 Å². The Morgan fingerprint density at radius 3 is 2.30 bits per heavy atom. The highest BCUT2D eigenvalue weighted by Crippen LogP contribution is 2.27. The van der Waals surface area contributed by atoms with E-state index in [1.807, 2.05) is 38.1 Å². The molecule has 1 amide bonds. The first-order valence-corrected chi connectivity index (χ1v) is 12.3. The number of anilines is 2. The predicted molar refractivity (Wildman–Crippen MR) is 123 cm³/mol. The third-order valence-corrected chi connectivity index (χ3v) is 6.84. The first-order valence-electron chi connectivity index (χ1n) is 10.1. The third kappa shape index (κ3) is 4.90. The molecule has 2 aromatic carbocycles. The van der Waals surface area contributed by atoms with Gasteiger partial charge in [-0.2, -0.15) is 0 Å². The quantitative estimate of drug-likeness (QED) is 0.676. The van der Waals surface area contributed by atoms with Crippen molar-refractivity contribution in [3.63, 3.8) is 0 Å². The van der Waals surface area contributed by atoms with E-state index in [1.54, 1.807) is 29.2 Å². The number of hydrogen-bond acceptors (Lipinski definition) is 4. The van der Waals surface area contributed by atoms with Crippen LogP contribution < -0.4 is 9.21 Å². The number of carbonyl (C=O) groups is 1. The molecule has 162 valence electrons. The van der Waals surface area contributed by atoms with Crippen LogP contribution in [0, 0.1) is 6.92 Å². The zero-order valence-electron chi connectivity index (χ0n) is 17.6. The molecule has 3 rings (SSSR count). The van der Waals surface area contributed by atoms with Gasteiger partial charge in [0.2, 0.25) is 15.9 Å². The van der Waals surface area contributed by atoms with Crippen molar-refractivity contribution in [3.8, 4) is 0 Å². The summed E-state index contributed by atoms with van der Waals surface area (Å²) in [5.41, 5.74) is 2.72. The molecule has 0 spiro atoms. The Hall–Kier alpha value is -2.25. The van der Waals surface area contributed by atoms with Gasteiger partial charge in [0.15, 0.2) is 0 Å². The number of carbonyl (C=O) groups excluding carboxylic acids is 1. The number of amides is 1. The average Bonchev–Trinajstić information content (AvgIpc) is 2.73. The van der Waals surface area contributed by atoms with Crippen LogP contribution in [0.2, 0.25) is 5.02 Å². The molecule has 0 radical (unpaired) electrons. The van der Waals surface area contributed by atoms with Gasteiger partial charge < -0.3 is 9.80 Å². The Kier molecular flexibility index (Phi) is 6.93. The minimum Gasteiger partial charge on any atom is -0.368 e. The van der Waals surface area contributed by atoms with Crippen LogP contribution in [-0.2, 0) is 14.8 Å². The fourth-order valence-electron chi connectivity index (χ4n) is 3.92. The SMILES string of the molecule is CC[C@H](C(=O)N1CCN(c2cc(Cl)ccc2C)CC1)N(c1ccccc1)S(C)(=O)=O. The van der Waals surface area contributed by atoms with Crippen molar-refractivity contribution in [2.45, 2.75) is 26.3 Å². The van der Waals surface area contributed by atoms with E-state index < -0.39 is 16.1 Å². The van der Waals surface area contributed by atoms with Crippen molar-refractivity contribution < 1.29 is 13.2 Å². The zero-order chi connectivity index (χ0) is 21.9. The number of aryl methyl sites for hydroxylation is 1. The van der Waals surface area contributed by atoms with Crippen LogP contribution in [0.3, 0.4) is 0 Å². The molecule has 0 bridgehead atoms. The predicted octanol–water partition coefficient (Wildman–Crippen LogP) is 3.54. The number of nitrogens with zero attached hydrogens (tertiary/aromatic N) is 3. The summed E-state index contributed by atoms with van der Waals surface area (Å²) in [5.74, 6) is -0.158. The van der Waals surface area contributed by atoms with Crippen LogP contribution in [0.15, 0.2) is 48.5 Å². The lowest BCUT2D eigenvalue weighted by Crippen LogP contribution is -2.56. The molecule has 1 fully saturated rings. The highest BCUT2D eigenvalue weighted by atomic mass is 35.5. The van der Waals surface area contributed by atoms with Crippen LogP contribution in [0.5, 0.6) is 0 Å². The normalized spacial score (nSPS) is 15.7. The van der Waals surface area contributed by atoms with Gasteiger partial charge in [0, 0.05) is 36.9 Å². The topological polar surface area (TPSA) is 60.9 Å². The smallest absolute Gasteiger partial charge is 0.246 e. The standard InChI is InChI=1S/C22H28ClN3O3S/c1-4-20(26(30(3,28)29)19-8-6-5-7-9-19)22(27)25-14-12-24(13-15-25)21-16-18(23)11-10-17(21)2/h5-11,16,20H,4,12-15H2,1-3H3/t20-/m1/s1. The van der Waals surface area contributed by atoms with E-state index in [2.05, 4.69) is 4.90 Å². The molecule has 1 atom stereocenters. The van der Waals surface area contributed by atoms with E-state index in [4.69, 9.17) is 11.6 Å². The molecule has 30 heavy (non-hydrogen) atoms. The van der Waals surface area contributed by atoms with E-state index in [-0.39, 0.29) is 5.91 Å². The van der Waals surface area contributed by atoms with Crippen molar-refractivity contribution in [3.05, 3.63) is 59.1 Å². The van der Waals surface area contributed by atoms with Crippen molar-refractivity contribution in [1.29, 1.82) is 0 Å². The summed E-state index contributed by atoms with van der Waals surface area (Å²) in [5, 5.41) is 0.687. The van der Waals surface area contributed by atoms with Gasteiger partial charge in [-0.15, -0.1) is 0 Å². The first kappa shape index (κ1) is 22.4. The summed E-state index contributed by atoms with van der Waals surface area (Å²) in [6.45, 7) is 6.30. The number of piperazine rings is 1. The lowest BCUT2D eigenvalue weighted by Gasteiger charge is -2.40. The average molecular weight is 450 g/mol. The molecule has 1 heterocycles. The van der Waals surface area contributed by atoms with Gasteiger partial charge in [-0.3, -0.25) is 9.10 Å². The molecule has 1 saturated heterocycles. The fourth-order valence-corrected chi connectivity index (χ4v) is 5.29. The largest absolute Gasteiger partial charge is 0.368 e. The molecule has 0 N–H and O–H groups in total. The maximum Gasteiger partial charge on any atom is 0.246 e. The molecule has 6 nitrogen and oxygen atoms in total. The number of sulfonamides is 1. The van der Waals surface area contributed by atoms with E-state index >= 15 is 0 Å². The van der Waals surface area contributed by atoms with Crippen molar-refractivity contribution in [2.75, 3.05) is 41.6 Å². The number of para-hydroxylation sites is 1. The molecule has 1 aliphatic rings. The van der Waals surface area contributed by atoms with Gasteiger partial charge in [0.25, 0.3) is 0 Å². The van der Waals surface area contributed by atoms with Gasteiger partial charge in [-0.05, 0) is 43.2 Å². The summed E-state index contributed by atoms with van der Waals surface area (Å²) in [7, 11) is -3.62. The van der Waals surface area contributed by atoms with Gasteiger partial charge in [0.05, 0.1) is 11.9 Å². The molecule has 0 aliphatic carbocycles. The number of halogens is 1. The highest BCUT2D eigenvalue weighted by Gasteiger charge is 2.35. The second kappa shape index (κ2) is 9.27. The van der Waals surface area contributed by atoms with Crippen LogP contribution in [0.25, 0.3) is 0 Å². The maximum absolute atomic E-state index is 13.3. The van der Waals surface area contributed by atoms with E-state index in [0.717, 1.165) is 17.5 Å². The Morgan fingerprint density at radius 2 is 1.73 bits per heavy atom. The second-order valence-electron chi connectivity index (χ2n) is 7.56. The van der Waals surface area contributed by atoms with E-state index in [9.17, 15) is 13.2 Å². The third-order valence-electron chi connectivity index (χ3n) is 5.43. The molecule has 2 aromatic rings. The molecule has 1 aliphatic heterocycles. The van der Waals surface area contributed by atoms with Gasteiger partial charge >= 0.3 is 0 Å². The Bertz CT molecular complexity index is 990. The van der Waals surface area contributed by atoms with Crippen LogP contribution in [-0.4, -0.2) is 57.7 Å². The van der Waals surface area contributed by atoms with Crippen molar-refractivity contribution in [1.82, 2.24) is 4.90 Å². The Morgan fingerprint density at radius 1 is 1.10 bits per heavy atom.